The van der Waals surface area contributed by atoms with E-state index < -0.39 is 47.9 Å². The number of H-pyrrole nitrogens is 2. The first-order valence-corrected chi connectivity index (χ1v) is 12.4. The first-order valence-electron chi connectivity index (χ1n) is 11.8. The fourth-order valence-corrected chi connectivity index (χ4v) is 3.88. The Kier molecular flexibility index (Phi) is 10.4. The van der Waals surface area contributed by atoms with Gasteiger partial charge >= 0.3 is 5.97 Å². The summed E-state index contributed by atoms with van der Waals surface area (Å²) in [5.74, 6) is -3.26. The highest BCUT2D eigenvalue weighted by atomic mass is 32.1. The third-order valence-electron chi connectivity index (χ3n) is 5.66. The summed E-state index contributed by atoms with van der Waals surface area (Å²) in [6.45, 7) is 0. The Labute approximate surface area is 223 Å². The van der Waals surface area contributed by atoms with Crippen molar-refractivity contribution < 1.29 is 24.3 Å². The minimum absolute atomic E-state index is 0.0311. The molecular formula is C24H30N8O5S. The molecule has 3 amide bonds. The zero-order chi connectivity index (χ0) is 27.5. The number of thiol groups is 1. The Hall–Kier alpha value is -4.17. The number of aliphatic carboxylic acids is 1. The maximum atomic E-state index is 13.2. The number of benzene rings is 1. The van der Waals surface area contributed by atoms with Crippen molar-refractivity contribution in [3.05, 3.63) is 72.3 Å². The van der Waals surface area contributed by atoms with Crippen LogP contribution >= 0.6 is 12.6 Å². The SMILES string of the molecule is NC(Cc1cnc[nH]1)C(=O)NC(CS)C(=O)NC(Cc1ccccc1)C(=O)NC(Cc1cnc[nH]1)C(=O)O. The van der Waals surface area contributed by atoms with Crippen molar-refractivity contribution in [3.8, 4) is 0 Å². The number of amides is 3. The monoisotopic (exact) mass is 542 g/mol. The molecule has 8 N–H and O–H groups in total. The van der Waals surface area contributed by atoms with Crippen LogP contribution in [0.1, 0.15) is 17.0 Å². The Morgan fingerprint density at radius 2 is 1.37 bits per heavy atom. The van der Waals surface area contributed by atoms with Crippen molar-refractivity contribution in [3.63, 3.8) is 0 Å². The number of hydrogen-bond donors (Lipinski definition) is 8. The summed E-state index contributed by atoms with van der Waals surface area (Å²) in [5.41, 5.74) is 7.87. The molecule has 0 radical (unpaired) electrons. The second-order valence-corrected chi connectivity index (χ2v) is 8.93. The Balaban J connectivity index is 1.69. The number of carboxylic acids is 1. The predicted molar refractivity (Wildman–Crippen MR) is 140 cm³/mol. The molecule has 38 heavy (non-hydrogen) atoms. The van der Waals surface area contributed by atoms with Crippen LogP contribution in [-0.2, 0) is 38.4 Å². The van der Waals surface area contributed by atoms with Gasteiger partial charge in [-0.25, -0.2) is 14.8 Å². The topological polar surface area (TPSA) is 208 Å². The number of nitrogens with one attached hydrogen (secondary N) is 5. The lowest BCUT2D eigenvalue weighted by molar-refractivity contribution is -0.142. The van der Waals surface area contributed by atoms with Crippen LogP contribution in [0.3, 0.4) is 0 Å². The fraction of sp³-hybridized carbons (Fsp3) is 0.333. The van der Waals surface area contributed by atoms with Gasteiger partial charge in [-0.15, -0.1) is 0 Å². The van der Waals surface area contributed by atoms with Gasteiger partial charge in [-0.3, -0.25) is 14.4 Å². The van der Waals surface area contributed by atoms with Crippen LogP contribution in [0.25, 0.3) is 0 Å². The van der Waals surface area contributed by atoms with E-state index in [0.29, 0.717) is 11.4 Å². The Morgan fingerprint density at radius 3 is 1.92 bits per heavy atom. The summed E-state index contributed by atoms with van der Waals surface area (Å²) in [5, 5.41) is 17.3. The van der Waals surface area contributed by atoms with E-state index in [1.807, 2.05) is 0 Å². The molecule has 4 atom stereocenters. The van der Waals surface area contributed by atoms with Gasteiger partial charge in [0, 0.05) is 48.8 Å². The van der Waals surface area contributed by atoms with Gasteiger partial charge in [0.05, 0.1) is 18.7 Å². The van der Waals surface area contributed by atoms with Gasteiger partial charge in [-0.05, 0) is 5.56 Å². The zero-order valence-corrected chi connectivity index (χ0v) is 21.2. The number of aromatic nitrogens is 4. The summed E-state index contributed by atoms with van der Waals surface area (Å²) in [6, 6.07) is 4.48. The van der Waals surface area contributed by atoms with Crippen molar-refractivity contribution in [2.45, 2.75) is 43.4 Å². The van der Waals surface area contributed by atoms with Gasteiger partial charge in [-0.2, -0.15) is 12.6 Å². The second kappa shape index (κ2) is 13.9. The lowest BCUT2D eigenvalue weighted by Crippen LogP contribution is -2.58. The summed E-state index contributed by atoms with van der Waals surface area (Å²) in [7, 11) is 0. The molecule has 0 fully saturated rings. The molecule has 1 aromatic carbocycles. The third-order valence-corrected chi connectivity index (χ3v) is 6.02. The number of carbonyl (C=O) groups excluding carboxylic acids is 3. The molecule has 0 saturated carbocycles. The van der Waals surface area contributed by atoms with Crippen LogP contribution in [0, 0.1) is 0 Å². The smallest absolute Gasteiger partial charge is 0.326 e. The molecule has 0 aliphatic carbocycles. The molecule has 4 unspecified atom stereocenters. The van der Waals surface area contributed by atoms with E-state index in [4.69, 9.17) is 5.73 Å². The summed E-state index contributed by atoms with van der Waals surface area (Å²) >= 11 is 4.17. The molecule has 3 aromatic rings. The van der Waals surface area contributed by atoms with Gasteiger partial charge in [-0.1, -0.05) is 30.3 Å². The maximum absolute atomic E-state index is 13.2. The van der Waals surface area contributed by atoms with Crippen molar-refractivity contribution in [2.75, 3.05) is 5.75 Å². The first-order chi connectivity index (χ1) is 18.3. The summed E-state index contributed by atoms with van der Waals surface area (Å²) < 4.78 is 0. The summed E-state index contributed by atoms with van der Waals surface area (Å²) in [6.07, 6.45) is 6.10. The molecule has 14 heteroatoms. The average molecular weight is 543 g/mol. The van der Waals surface area contributed by atoms with Crippen LogP contribution in [0.4, 0.5) is 0 Å². The lowest BCUT2D eigenvalue weighted by Gasteiger charge is -2.24. The van der Waals surface area contributed by atoms with E-state index in [0.717, 1.165) is 5.56 Å². The average Bonchev–Trinajstić information content (AvgIpc) is 3.61. The van der Waals surface area contributed by atoms with E-state index in [1.165, 1.54) is 18.9 Å². The maximum Gasteiger partial charge on any atom is 0.326 e. The molecule has 0 spiro atoms. The number of nitrogens with two attached hydrogens (primary N) is 1. The number of carboxylic acid groups (broad SMARTS) is 1. The minimum atomic E-state index is -1.26. The van der Waals surface area contributed by atoms with Crippen LogP contribution in [0.15, 0.2) is 55.4 Å². The van der Waals surface area contributed by atoms with E-state index in [2.05, 4.69) is 48.5 Å². The first kappa shape index (κ1) is 28.4. The highest BCUT2D eigenvalue weighted by Gasteiger charge is 2.30. The van der Waals surface area contributed by atoms with Crippen molar-refractivity contribution in [1.29, 1.82) is 0 Å². The standard InChI is InChI=1S/C24H30N8O5S/c25-17(7-15-9-26-12-28-15)21(33)32-20(11-38)23(35)30-18(6-14-4-2-1-3-5-14)22(34)31-19(24(36)37)8-16-10-27-13-29-16/h1-5,9-10,12-13,17-20,38H,6-8,11,25H2,(H,26,28)(H,27,29)(H,30,35)(H,31,34)(H,32,33)(H,36,37). The van der Waals surface area contributed by atoms with E-state index in [-0.39, 0.29) is 25.0 Å². The Bertz CT molecular complexity index is 1190. The minimum Gasteiger partial charge on any atom is -0.480 e. The van der Waals surface area contributed by atoms with Gasteiger partial charge in [0.1, 0.15) is 18.1 Å². The van der Waals surface area contributed by atoms with E-state index >= 15 is 0 Å². The molecule has 0 aliphatic rings. The number of imidazole rings is 2. The van der Waals surface area contributed by atoms with Gasteiger partial charge in [0.2, 0.25) is 17.7 Å². The molecule has 0 aliphatic heterocycles. The highest BCUT2D eigenvalue weighted by molar-refractivity contribution is 7.80. The number of hydrogen-bond acceptors (Lipinski definition) is 8. The normalized spacial score (nSPS) is 14.1. The van der Waals surface area contributed by atoms with E-state index in [9.17, 15) is 24.3 Å². The van der Waals surface area contributed by atoms with Gasteiger partial charge in [0.25, 0.3) is 0 Å². The van der Waals surface area contributed by atoms with Crippen LogP contribution in [-0.4, -0.2) is 78.7 Å². The predicted octanol–water partition coefficient (Wildman–Crippen LogP) is -1.04. The van der Waals surface area contributed by atoms with Crippen molar-refractivity contribution in [2.24, 2.45) is 5.73 Å². The van der Waals surface area contributed by atoms with Crippen LogP contribution in [0.5, 0.6) is 0 Å². The lowest BCUT2D eigenvalue weighted by atomic mass is 10.0. The quantitative estimate of drug-likeness (QED) is 0.118. The Morgan fingerprint density at radius 1 is 0.816 bits per heavy atom. The third kappa shape index (κ3) is 8.45. The largest absolute Gasteiger partial charge is 0.480 e. The number of carbonyl (C=O) groups is 4. The second-order valence-electron chi connectivity index (χ2n) is 8.56. The van der Waals surface area contributed by atoms with Crippen molar-refractivity contribution >= 4 is 36.3 Å². The van der Waals surface area contributed by atoms with Crippen LogP contribution in [0.2, 0.25) is 0 Å². The zero-order valence-electron chi connectivity index (χ0n) is 20.3. The molecular weight excluding hydrogens is 512 g/mol. The molecule has 3 rings (SSSR count). The van der Waals surface area contributed by atoms with Gasteiger partial charge < -0.3 is 36.8 Å². The molecule has 2 aromatic heterocycles. The van der Waals surface area contributed by atoms with Crippen LogP contribution < -0.4 is 21.7 Å². The van der Waals surface area contributed by atoms with Crippen molar-refractivity contribution in [1.82, 2.24) is 35.9 Å². The summed E-state index contributed by atoms with van der Waals surface area (Å²) in [4.78, 5) is 64.1. The molecule has 0 saturated heterocycles. The molecule has 202 valence electrons. The van der Waals surface area contributed by atoms with Gasteiger partial charge in [0.15, 0.2) is 0 Å². The molecule has 13 nitrogen and oxygen atoms in total. The number of nitrogens with zero attached hydrogens (tertiary/aromatic N) is 2. The molecule has 0 bridgehead atoms. The number of rotatable bonds is 14. The highest BCUT2D eigenvalue weighted by Crippen LogP contribution is 2.07. The fourth-order valence-electron chi connectivity index (χ4n) is 3.62. The van der Waals surface area contributed by atoms with E-state index in [1.54, 1.807) is 36.5 Å². The molecule has 2 heterocycles. The number of aromatic amines is 2.